The van der Waals surface area contributed by atoms with Crippen LogP contribution in [0.5, 0.6) is 0 Å². The minimum atomic E-state index is 0.202. The number of unbranched alkanes of at least 4 members (excludes halogenated alkanes) is 2. The zero-order valence-corrected chi connectivity index (χ0v) is 9.77. The molecule has 1 unspecified atom stereocenters. The first-order valence-electron chi connectivity index (χ1n) is 5.52. The minimum Gasteiger partial charge on any atom is -0.329 e. The summed E-state index contributed by atoms with van der Waals surface area (Å²) in [4.78, 5) is 2.41. The zero-order valence-electron chi connectivity index (χ0n) is 9.77. The summed E-state index contributed by atoms with van der Waals surface area (Å²) in [5.74, 6) is 0. The van der Waals surface area contributed by atoms with Crippen LogP contribution < -0.4 is 5.73 Å². The van der Waals surface area contributed by atoms with Crippen molar-refractivity contribution < 1.29 is 0 Å². The molecule has 1 atom stereocenters. The average Bonchev–Trinajstić information content (AvgIpc) is 2.17. The maximum atomic E-state index is 5.78. The lowest BCUT2D eigenvalue weighted by atomic mass is 9.97. The Labute approximate surface area is 83.5 Å². The highest BCUT2D eigenvalue weighted by molar-refractivity contribution is 4.83. The highest BCUT2D eigenvalue weighted by Crippen LogP contribution is 2.16. The van der Waals surface area contributed by atoms with E-state index in [0.29, 0.717) is 0 Å². The molecule has 0 spiro atoms. The maximum Gasteiger partial charge on any atom is 0.0297 e. The Morgan fingerprint density at radius 2 is 1.85 bits per heavy atom. The van der Waals surface area contributed by atoms with E-state index in [4.69, 9.17) is 5.73 Å². The van der Waals surface area contributed by atoms with E-state index in [9.17, 15) is 0 Å². The van der Waals surface area contributed by atoms with Gasteiger partial charge in [-0.2, -0.15) is 0 Å². The third-order valence-electron chi connectivity index (χ3n) is 3.22. The summed E-state index contributed by atoms with van der Waals surface area (Å²) in [6, 6.07) is 0. The highest BCUT2D eigenvalue weighted by atomic mass is 15.2. The molecule has 13 heavy (non-hydrogen) atoms. The van der Waals surface area contributed by atoms with E-state index in [1.54, 1.807) is 0 Å². The Morgan fingerprint density at radius 3 is 2.23 bits per heavy atom. The summed E-state index contributed by atoms with van der Waals surface area (Å²) < 4.78 is 0. The van der Waals surface area contributed by atoms with Crippen molar-refractivity contribution >= 4 is 0 Å². The number of nitrogens with two attached hydrogens (primary N) is 1. The molecule has 0 saturated heterocycles. The Hall–Kier alpha value is -0.0800. The second-order valence-electron chi connectivity index (χ2n) is 4.18. The van der Waals surface area contributed by atoms with Gasteiger partial charge in [0.2, 0.25) is 0 Å². The molecule has 0 aromatic carbocycles. The number of nitrogens with zero attached hydrogens (tertiary/aromatic N) is 1. The van der Waals surface area contributed by atoms with Gasteiger partial charge in [-0.05, 0) is 33.4 Å². The van der Waals surface area contributed by atoms with Crippen LogP contribution >= 0.6 is 0 Å². The van der Waals surface area contributed by atoms with Crippen LogP contribution in [0.3, 0.4) is 0 Å². The van der Waals surface area contributed by atoms with Crippen molar-refractivity contribution in [1.29, 1.82) is 0 Å². The predicted octanol–water partition coefficient (Wildman–Crippen LogP) is 2.24. The fourth-order valence-electron chi connectivity index (χ4n) is 1.44. The molecule has 0 aromatic heterocycles. The molecule has 0 amide bonds. The van der Waals surface area contributed by atoms with E-state index in [0.717, 1.165) is 13.0 Å². The predicted molar refractivity (Wildman–Crippen MR) is 59.9 cm³/mol. The number of hydrogen-bond acceptors (Lipinski definition) is 2. The van der Waals surface area contributed by atoms with Gasteiger partial charge in [-0.3, -0.25) is 4.90 Å². The van der Waals surface area contributed by atoms with Crippen LogP contribution in [-0.2, 0) is 0 Å². The quantitative estimate of drug-likeness (QED) is 0.618. The second kappa shape index (κ2) is 6.39. The lowest BCUT2D eigenvalue weighted by Gasteiger charge is -2.37. The van der Waals surface area contributed by atoms with E-state index in [1.807, 2.05) is 0 Å². The third kappa shape index (κ3) is 4.10. The monoisotopic (exact) mass is 186 g/mol. The first kappa shape index (κ1) is 12.9. The second-order valence-corrected chi connectivity index (χ2v) is 4.18. The molecule has 0 aliphatic rings. The molecular formula is C11H26N2. The van der Waals surface area contributed by atoms with Gasteiger partial charge in [0.25, 0.3) is 0 Å². The fourth-order valence-corrected chi connectivity index (χ4v) is 1.44. The molecule has 0 fully saturated rings. The zero-order chi connectivity index (χ0) is 10.3. The first-order chi connectivity index (χ1) is 6.10. The topological polar surface area (TPSA) is 29.3 Å². The van der Waals surface area contributed by atoms with Crippen LogP contribution in [0.2, 0.25) is 0 Å². The van der Waals surface area contributed by atoms with E-state index in [2.05, 4.69) is 32.7 Å². The summed E-state index contributed by atoms with van der Waals surface area (Å²) >= 11 is 0. The molecule has 2 N–H and O–H groups in total. The molecule has 2 heteroatoms. The normalized spacial score (nSPS) is 16.2. The van der Waals surface area contributed by atoms with Crippen molar-refractivity contribution in [1.82, 2.24) is 4.90 Å². The molecule has 80 valence electrons. The average molecular weight is 186 g/mol. The molecule has 2 nitrogen and oxygen atoms in total. The minimum absolute atomic E-state index is 0.202. The first-order valence-corrected chi connectivity index (χ1v) is 5.52. The van der Waals surface area contributed by atoms with E-state index < -0.39 is 0 Å². The van der Waals surface area contributed by atoms with Crippen molar-refractivity contribution in [3.63, 3.8) is 0 Å². The fraction of sp³-hybridized carbons (Fsp3) is 1.00. The van der Waals surface area contributed by atoms with E-state index in [-0.39, 0.29) is 5.54 Å². The number of hydrogen-bond donors (Lipinski definition) is 1. The van der Waals surface area contributed by atoms with Crippen molar-refractivity contribution in [3.05, 3.63) is 0 Å². The highest BCUT2D eigenvalue weighted by Gasteiger charge is 2.24. The van der Waals surface area contributed by atoms with Crippen molar-refractivity contribution in [2.45, 2.75) is 52.0 Å². The van der Waals surface area contributed by atoms with E-state index in [1.165, 1.54) is 25.8 Å². The van der Waals surface area contributed by atoms with Gasteiger partial charge in [0.15, 0.2) is 0 Å². The van der Waals surface area contributed by atoms with Crippen LogP contribution in [0, 0.1) is 0 Å². The summed E-state index contributed by atoms with van der Waals surface area (Å²) in [7, 11) is 2.19. The Kier molecular flexibility index (Phi) is 6.35. The van der Waals surface area contributed by atoms with Crippen molar-refractivity contribution in [2.75, 3.05) is 20.1 Å². The maximum absolute atomic E-state index is 5.78. The molecule has 0 aliphatic carbocycles. The molecule has 0 heterocycles. The smallest absolute Gasteiger partial charge is 0.0297 e. The largest absolute Gasteiger partial charge is 0.329 e. The standard InChI is InChI=1S/C11H26N2/c1-5-7-8-9-13(4)11(3,6-2)10-12/h5-10,12H2,1-4H3. The molecule has 0 saturated carbocycles. The summed E-state index contributed by atoms with van der Waals surface area (Å²) in [6.45, 7) is 8.63. The molecule has 0 aromatic rings. The number of likely N-dealkylation sites (N-methyl/N-ethyl adjacent to an activating group) is 1. The van der Waals surface area contributed by atoms with Gasteiger partial charge in [-0.15, -0.1) is 0 Å². The molecule has 0 radical (unpaired) electrons. The summed E-state index contributed by atoms with van der Waals surface area (Å²) in [5, 5.41) is 0. The van der Waals surface area contributed by atoms with Crippen LogP contribution in [0.1, 0.15) is 46.5 Å². The van der Waals surface area contributed by atoms with Crippen LogP contribution in [0.4, 0.5) is 0 Å². The van der Waals surface area contributed by atoms with Crippen LogP contribution in [0.25, 0.3) is 0 Å². The molecule has 0 bridgehead atoms. The Bertz CT molecular complexity index is 119. The van der Waals surface area contributed by atoms with Crippen LogP contribution in [-0.4, -0.2) is 30.6 Å². The Morgan fingerprint density at radius 1 is 1.23 bits per heavy atom. The van der Waals surface area contributed by atoms with Gasteiger partial charge in [-0.1, -0.05) is 26.7 Å². The van der Waals surface area contributed by atoms with Crippen LogP contribution in [0.15, 0.2) is 0 Å². The number of rotatable bonds is 7. The summed E-state index contributed by atoms with van der Waals surface area (Å²) in [5.41, 5.74) is 5.98. The summed E-state index contributed by atoms with van der Waals surface area (Å²) in [6.07, 6.45) is 5.04. The van der Waals surface area contributed by atoms with Gasteiger partial charge in [0.1, 0.15) is 0 Å². The molecule has 0 rings (SSSR count). The lowest BCUT2D eigenvalue weighted by Crippen LogP contribution is -2.49. The lowest BCUT2D eigenvalue weighted by molar-refractivity contribution is 0.137. The van der Waals surface area contributed by atoms with Gasteiger partial charge in [0.05, 0.1) is 0 Å². The SMILES string of the molecule is CCCCCN(C)C(C)(CC)CN. The molecule has 0 aliphatic heterocycles. The van der Waals surface area contributed by atoms with Gasteiger partial charge < -0.3 is 5.73 Å². The van der Waals surface area contributed by atoms with Gasteiger partial charge in [-0.25, -0.2) is 0 Å². The third-order valence-corrected chi connectivity index (χ3v) is 3.22. The Balaban J connectivity index is 3.84. The van der Waals surface area contributed by atoms with Gasteiger partial charge >= 0.3 is 0 Å². The van der Waals surface area contributed by atoms with Crippen molar-refractivity contribution in [2.24, 2.45) is 5.73 Å². The van der Waals surface area contributed by atoms with Crippen molar-refractivity contribution in [3.8, 4) is 0 Å². The van der Waals surface area contributed by atoms with Gasteiger partial charge in [0, 0.05) is 12.1 Å². The molecular weight excluding hydrogens is 160 g/mol. The van der Waals surface area contributed by atoms with E-state index >= 15 is 0 Å².